The maximum absolute atomic E-state index is 10.0. The third-order valence-electron chi connectivity index (χ3n) is 4.81. The molecule has 148 valence electrons. The molecule has 2 aromatic heterocycles. The second kappa shape index (κ2) is 7.35. The Hall–Kier alpha value is -3.74. The summed E-state index contributed by atoms with van der Waals surface area (Å²) in [5.74, 6) is 2.14. The van der Waals surface area contributed by atoms with Crippen LogP contribution in [-0.2, 0) is 0 Å². The molecule has 7 heteroatoms. The zero-order chi connectivity index (χ0) is 20.5. The number of pyridine rings is 1. The number of hydrogen-bond donors (Lipinski definition) is 2. The van der Waals surface area contributed by atoms with Crippen LogP contribution in [0.5, 0.6) is 17.2 Å². The Labute approximate surface area is 168 Å². The number of hydrogen-bond acceptors (Lipinski definition) is 6. The lowest BCUT2D eigenvalue weighted by Gasteiger charge is -2.10. The molecule has 2 N–H and O–H groups in total. The van der Waals surface area contributed by atoms with Crippen LogP contribution >= 0.6 is 0 Å². The van der Waals surface area contributed by atoms with E-state index in [1.165, 1.54) is 0 Å². The van der Waals surface area contributed by atoms with E-state index in [0.29, 0.717) is 23.2 Å². The minimum atomic E-state index is 0.329. The minimum Gasteiger partial charge on any atom is -0.507 e. The molecular formula is C22H22N4O3. The molecule has 2 aromatic carbocycles. The van der Waals surface area contributed by atoms with Gasteiger partial charge in [-0.25, -0.2) is 4.52 Å². The fraction of sp³-hybridized carbons (Fsp3) is 0.182. The van der Waals surface area contributed by atoms with Gasteiger partial charge in [0, 0.05) is 17.8 Å². The number of ether oxygens (including phenoxy) is 2. The molecule has 0 aliphatic heterocycles. The summed E-state index contributed by atoms with van der Waals surface area (Å²) in [5, 5.41) is 17.7. The number of benzene rings is 2. The smallest absolute Gasteiger partial charge is 0.247 e. The SMILES string of the molecule is COc1ccc(Nc2nc3ccc(-c4cc(C)c(O)c(C)c4)cn3n2)c(OC)c1. The van der Waals surface area contributed by atoms with Gasteiger partial charge in [-0.1, -0.05) is 0 Å². The van der Waals surface area contributed by atoms with Crippen molar-refractivity contribution in [3.8, 4) is 28.4 Å². The van der Waals surface area contributed by atoms with Crippen LogP contribution in [0.1, 0.15) is 11.1 Å². The number of phenolic OH excluding ortho intramolecular Hbond substituents is 1. The lowest BCUT2D eigenvalue weighted by Crippen LogP contribution is -1.97. The zero-order valence-corrected chi connectivity index (χ0v) is 16.7. The first-order chi connectivity index (χ1) is 14.0. The van der Waals surface area contributed by atoms with Crippen molar-refractivity contribution in [3.05, 3.63) is 59.8 Å². The lowest BCUT2D eigenvalue weighted by molar-refractivity contribution is 0.395. The van der Waals surface area contributed by atoms with Crippen molar-refractivity contribution in [2.45, 2.75) is 13.8 Å². The number of nitrogens with one attached hydrogen (secondary N) is 1. The summed E-state index contributed by atoms with van der Waals surface area (Å²) in [7, 11) is 3.21. The number of fused-ring (bicyclic) bond motifs is 1. The van der Waals surface area contributed by atoms with Crippen molar-refractivity contribution in [2.75, 3.05) is 19.5 Å². The Bertz CT molecular complexity index is 1180. The average molecular weight is 390 g/mol. The van der Waals surface area contributed by atoms with Crippen molar-refractivity contribution in [3.63, 3.8) is 0 Å². The van der Waals surface area contributed by atoms with Gasteiger partial charge in [-0.2, -0.15) is 4.98 Å². The molecule has 0 unspecified atom stereocenters. The molecule has 2 heterocycles. The fourth-order valence-corrected chi connectivity index (χ4v) is 3.25. The van der Waals surface area contributed by atoms with Gasteiger partial charge < -0.3 is 19.9 Å². The van der Waals surface area contributed by atoms with Crippen molar-refractivity contribution in [2.24, 2.45) is 0 Å². The quantitative estimate of drug-likeness (QED) is 0.523. The van der Waals surface area contributed by atoms with Crippen molar-refractivity contribution in [1.82, 2.24) is 14.6 Å². The first kappa shape index (κ1) is 18.6. The summed E-state index contributed by atoms with van der Waals surface area (Å²) in [6.45, 7) is 3.79. The number of aryl methyl sites for hydroxylation is 2. The molecule has 0 saturated carbocycles. The Morgan fingerprint density at radius 2 is 1.69 bits per heavy atom. The van der Waals surface area contributed by atoms with Crippen LogP contribution in [0.4, 0.5) is 11.6 Å². The summed E-state index contributed by atoms with van der Waals surface area (Å²) in [5.41, 5.74) is 5.15. The zero-order valence-electron chi connectivity index (χ0n) is 16.7. The Balaban J connectivity index is 1.67. The highest BCUT2D eigenvalue weighted by Crippen LogP contribution is 2.32. The van der Waals surface area contributed by atoms with E-state index in [2.05, 4.69) is 15.4 Å². The van der Waals surface area contributed by atoms with Gasteiger partial charge in [-0.05, 0) is 66.9 Å². The van der Waals surface area contributed by atoms with Crippen LogP contribution in [0.25, 0.3) is 16.8 Å². The normalized spacial score (nSPS) is 10.9. The molecule has 0 fully saturated rings. The number of rotatable bonds is 5. The number of aromatic hydroxyl groups is 1. The topological polar surface area (TPSA) is 80.9 Å². The number of anilines is 2. The first-order valence-electron chi connectivity index (χ1n) is 9.14. The van der Waals surface area contributed by atoms with E-state index in [-0.39, 0.29) is 0 Å². The van der Waals surface area contributed by atoms with Crippen LogP contribution in [-0.4, -0.2) is 33.9 Å². The third-order valence-corrected chi connectivity index (χ3v) is 4.81. The van der Waals surface area contributed by atoms with E-state index in [1.807, 2.05) is 56.4 Å². The number of methoxy groups -OCH3 is 2. The molecule has 4 rings (SSSR count). The minimum absolute atomic E-state index is 0.329. The summed E-state index contributed by atoms with van der Waals surface area (Å²) >= 11 is 0. The number of phenols is 1. The van der Waals surface area contributed by atoms with Gasteiger partial charge in [0.05, 0.1) is 19.9 Å². The van der Waals surface area contributed by atoms with Gasteiger partial charge >= 0.3 is 0 Å². The van der Waals surface area contributed by atoms with Crippen LogP contribution in [0.3, 0.4) is 0 Å². The van der Waals surface area contributed by atoms with E-state index in [0.717, 1.165) is 33.6 Å². The van der Waals surface area contributed by atoms with E-state index in [4.69, 9.17) is 9.47 Å². The summed E-state index contributed by atoms with van der Waals surface area (Å²) in [6, 6.07) is 13.3. The molecule has 0 amide bonds. The van der Waals surface area contributed by atoms with E-state index >= 15 is 0 Å². The van der Waals surface area contributed by atoms with Crippen molar-refractivity contribution < 1.29 is 14.6 Å². The standard InChI is InChI=1S/C22H22N4O3/c1-13-9-16(10-14(2)21(13)27)15-5-8-20-24-22(25-26(20)12-15)23-18-7-6-17(28-3)11-19(18)29-4/h5-12,27H,1-4H3,(H,23,25). The van der Waals surface area contributed by atoms with Gasteiger partial charge in [0.2, 0.25) is 5.95 Å². The first-order valence-corrected chi connectivity index (χ1v) is 9.14. The molecule has 0 aliphatic rings. The van der Waals surface area contributed by atoms with Crippen LogP contribution in [0.15, 0.2) is 48.7 Å². The van der Waals surface area contributed by atoms with Gasteiger partial charge in [-0.15, -0.1) is 5.10 Å². The molecule has 0 aliphatic carbocycles. The predicted molar refractivity (Wildman–Crippen MR) is 112 cm³/mol. The van der Waals surface area contributed by atoms with Gasteiger partial charge in [0.15, 0.2) is 5.65 Å². The lowest BCUT2D eigenvalue weighted by atomic mass is 10.0. The maximum Gasteiger partial charge on any atom is 0.247 e. The second-order valence-corrected chi connectivity index (χ2v) is 6.81. The highest BCUT2D eigenvalue weighted by Gasteiger charge is 2.11. The van der Waals surface area contributed by atoms with E-state index in [9.17, 15) is 5.11 Å². The average Bonchev–Trinajstić information content (AvgIpc) is 3.13. The summed E-state index contributed by atoms with van der Waals surface area (Å²) in [4.78, 5) is 4.52. The fourth-order valence-electron chi connectivity index (χ4n) is 3.25. The van der Waals surface area contributed by atoms with Crippen LogP contribution in [0.2, 0.25) is 0 Å². The highest BCUT2D eigenvalue weighted by molar-refractivity contribution is 5.69. The molecule has 4 aromatic rings. The third kappa shape index (κ3) is 3.54. The van der Waals surface area contributed by atoms with Gasteiger partial charge in [0.25, 0.3) is 0 Å². The molecule has 7 nitrogen and oxygen atoms in total. The highest BCUT2D eigenvalue weighted by atomic mass is 16.5. The number of aromatic nitrogens is 3. The molecule has 0 saturated heterocycles. The van der Waals surface area contributed by atoms with Gasteiger partial charge in [-0.3, -0.25) is 0 Å². The number of nitrogens with zero attached hydrogens (tertiary/aromatic N) is 3. The Kier molecular flexibility index (Phi) is 4.72. The monoisotopic (exact) mass is 390 g/mol. The van der Waals surface area contributed by atoms with Crippen molar-refractivity contribution in [1.29, 1.82) is 0 Å². The van der Waals surface area contributed by atoms with Crippen molar-refractivity contribution >= 4 is 17.3 Å². The largest absolute Gasteiger partial charge is 0.507 e. The van der Waals surface area contributed by atoms with Gasteiger partial charge in [0.1, 0.15) is 17.2 Å². The van der Waals surface area contributed by atoms with Crippen LogP contribution < -0.4 is 14.8 Å². The molecule has 0 radical (unpaired) electrons. The Morgan fingerprint density at radius 3 is 2.38 bits per heavy atom. The summed E-state index contributed by atoms with van der Waals surface area (Å²) in [6.07, 6.45) is 1.92. The van der Waals surface area contributed by atoms with E-state index < -0.39 is 0 Å². The molecule has 0 spiro atoms. The molecule has 0 bridgehead atoms. The predicted octanol–water partition coefficient (Wildman–Crippen LogP) is 4.48. The van der Waals surface area contributed by atoms with Crippen LogP contribution in [0, 0.1) is 13.8 Å². The summed E-state index contributed by atoms with van der Waals surface area (Å²) < 4.78 is 12.4. The Morgan fingerprint density at radius 1 is 0.931 bits per heavy atom. The molecular weight excluding hydrogens is 368 g/mol. The van der Waals surface area contributed by atoms with E-state index in [1.54, 1.807) is 24.8 Å². The second-order valence-electron chi connectivity index (χ2n) is 6.81. The molecule has 0 atom stereocenters. The molecule has 29 heavy (non-hydrogen) atoms. The maximum atomic E-state index is 10.0.